The monoisotopic (exact) mass is 359 g/mol. The number of hydrogen-bond donors (Lipinski definition) is 2. The Balaban J connectivity index is 1.58. The lowest BCUT2D eigenvalue weighted by atomic mass is 10.2. The van der Waals surface area contributed by atoms with Crippen LogP contribution in [0.4, 0.5) is 5.13 Å². The second-order valence-electron chi connectivity index (χ2n) is 4.79. The number of nitrogens with one attached hydrogen (secondary N) is 2. The van der Waals surface area contributed by atoms with Crippen molar-refractivity contribution in [3.05, 3.63) is 51.8 Å². The van der Waals surface area contributed by atoms with E-state index in [1.807, 2.05) is 35.7 Å². The van der Waals surface area contributed by atoms with Crippen molar-refractivity contribution in [1.29, 1.82) is 0 Å². The second-order valence-corrected chi connectivity index (χ2v) is 6.61. The standard InChI is InChI=1S/C15H13N5O2S2/c1-9-13(22)18-15(20-19-9)24-8-12(21)17-14-16-11(7-23-14)10-5-3-2-4-6-10/h2-7H,8H2,1H3,(H,16,17,21)(H,18,20,22). The summed E-state index contributed by atoms with van der Waals surface area (Å²) < 4.78 is 0. The predicted octanol–water partition coefficient (Wildman–Crippen LogP) is 2.33. The average Bonchev–Trinajstić information content (AvgIpc) is 3.05. The quantitative estimate of drug-likeness (QED) is 0.678. The van der Waals surface area contributed by atoms with Gasteiger partial charge in [-0.2, -0.15) is 0 Å². The van der Waals surface area contributed by atoms with E-state index in [4.69, 9.17) is 0 Å². The van der Waals surface area contributed by atoms with Gasteiger partial charge in [0.1, 0.15) is 5.69 Å². The van der Waals surface area contributed by atoms with Gasteiger partial charge in [0, 0.05) is 10.9 Å². The molecule has 0 bridgehead atoms. The first kappa shape index (κ1) is 16.3. The van der Waals surface area contributed by atoms with Crippen LogP contribution >= 0.6 is 23.1 Å². The number of thiazole rings is 1. The minimum atomic E-state index is -0.305. The van der Waals surface area contributed by atoms with Gasteiger partial charge in [0.15, 0.2) is 10.3 Å². The van der Waals surface area contributed by atoms with E-state index >= 15 is 0 Å². The van der Waals surface area contributed by atoms with Crippen LogP contribution in [0.15, 0.2) is 45.7 Å². The number of aromatic amines is 1. The molecule has 1 aromatic carbocycles. The number of amides is 1. The zero-order valence-electron chi connectivity index (χ0n) is 12.6. The molecule has 1 amide bonds. The summed E-state index contributed by atoms with van der Waals surface area (Å²) in [6, 6.07) is 9.74. The topological polar surface area (TPSA) is 101 Å². The maximum absolute atomic E-state index is 12.0. The molecule has 24 heavy (non-hydrogen) atoms. The zero-order chi connectivity index (χ0) is 16.9. The van der Waals surface area contributed by atoms with Gasteiger partial charge in [-0.05, 0) is 6.92 Å². The predicted molar refractivity (Wildman–Crippen MR) is 94.3 cm³/mol. The molecule has 3 rings (SSSR count). The third-order valence-corrected chi connectivity index (χ3v) is 4.62. The van der Waals surface area contributed by atoms with Gasteiger partial charge < -0.3 is 5.32 Å². The zero-order valence-corrected chi connectivity index (χ0v) is 14.3. The first-order chi connectivity index (χ1) is 11.6. The number of rotatable bonds is 5. The molecule has 0 aliphatic rings. The number of benzene rings is 1. The molecule has 0 aliphatic heterocycles. The first-order valence-electron chi connectivity index (χ1n) is 6.99. The third kappa shape index (κ3) is 4.06. The highest BCUT2D eigenvalue weighted by Crippen LogP contribution is 2.24. The molecular weight excluding hydrogens is 346 g/mol. The van der Waals surface area contributed by atoms with Crippen LogP contribution in [0.1, 0.15) is 5.69 Å². The van der Waals surface area contributed by atoms with Gasteiger partial charge in [0.2, 0.25) is 5.91 Å². The number of nitrogens with zero attached hydrogens (tertiary/aromatic N) is 3. The molecule has 0 unspecified atom stereocenters. The summed E-state index contributed by atoms with van der Waals surface area (Å²) in [5, 5.41) is 13.0. The van der Waals surface area contributed by atoms with Gasteiger partial charge in [0.05, 0.1) is 11.4 Å². The molecule has 0 saturated carbocycles. The van der Waals surface area contributed by atoms with Gasteiger partial charge in [-0.3, -0.25) is 14.6 Å². The van der Waals surface area contributed by atoms with E-state index in [-0.39, 0.29) is 17.2 Å². The summed E-state index contributed by atoms with van der Waals surface area (Å²) in [6.07, 6.45) is 0. The van der Waals surface area contributed by atoms with E-state index in [1.54, 1.807) is 6.92 Å². The number of H-pyrrole nitrogens is 1. The Morgan fingerprint density at radius 2 is 2.08 bits per heavy atom. The SMILES string of the molecule is Cc1nnc(SCC(=O)Nc2nc(-c3ccccc3)cs2)[nH]c1=O. The molecule has 0 spiro atoms. The van der Waals surface area contributed by atoms with Gasteiger partial charge in [0.25, 0.3) is 5.56 Å². The van der Waals surface area contributed by atoms with Crippen molar-refractivity contribution in [3.8, 4) is 11.3 Å². The molecule has 3 aromatic rings. The highest BCUT2D eigenvalue weighted by Gasteiger charge is 2.10. The lowest BCUT2D eigenvalue weighted by Crippen LogP contribution is -2.17. The molecule has 0 atom stereocenters. The van der Waals surface area contributed by atoms with E-state index in [1.165, 1.54) is 11.3 Å². The summed E-state index contributed by atoms with van der Waals surface area (Å²) in [6.45, 7) is 1.57. The fourth-order valence-electron chi connectivity index (χ4n) is 1.81. The van der Waals surface area contributed by atoms with Crippen LogP contribution < -0.4 is 10.9 Å². The molecule has 9 heteroatoms. The molecule has 7 nitrogen and oxygen atoms in total. The van der Waals surface area contributed by atoms with Crippen LogP contribution in [-0.4, -0.2) is 31.8 Å². The first-order valence-corrected chi connectivity index (χ1v) is 8.85. The number of hydrogen-bond acceptors (Lipinski definition) is 7. The number of aryl methyl sites for hydroxylation is 1. The Kier molecular flexibility index (Phi) is 5.02. The van der Waals surface area contributed by atoms with Crippen molar-refractivity contribution in [2.75, 3.05) is 11.1 Å². The van der Waals surface area contributed by atoms with E-state index in [2.05, 4.69) is 25.5 Å². The Hall–Kier alpha value is -2.52. The summed E-state index contributed by atoms with van der Waals surface area (Å²) >= 11 is 2.47. The van der Waals surface area contributed by atoms with Crippen molar-refractivity contribution >= 4 is 34.1 Å². The summed E-state index contributed by atoms with van der Waals surface area (Å²) in [7, 11) is 0. The molecule has 0 fully saturated rings. The molecule has 2 heterocycles. The number of aromatic nitrogens is 4. The number of carbonyl (C=O) groups is 1. The second kappa shape index (κ2) is 7.37. The van der Waals surface area contributed by atoms with Gasteiger partial charge >= 0.3 is 0 Å². The van der Waals surface area contributed by atoms with Crippen LogP contribution in [0.5, 0.6) is 0 Å². The molecule has 2 N–H and O–H groups in total. The fourth-order valence-corrected chi connectivity index (χ4v) is 3.14. The van der Waals surface area contributed by atoms with E-state index < -0.39 is 0 Å². The number of anilines is 1. The van der Waals surface area contributed by atoms with Crippen molar-refractivity contribution in [2.45, 2.75) is 12.1 Å². The molecular formula is C15H13N5O2S2. The van der Waals surface area contributed by atoms with Crippen LogP contribution in [-0.2, 0) is 4.79 Å². The van der Waals surface area contributed by atoms with Crippen LogP contribution in [0.25, 0.3) is 11.3 Å². The maximum atomic E-state index is 12.0. The largest absolute Gasteiger partial charge is 0.301 e. The molecule has 122 valence electrons. The van der Waals surface area contributed by atoms with Crippen molar-refractivity contribution in [3.63, 3.8) is 0 Å². The van der Waals surface area contributed by atoms with Gasteiger partial charge in [-0.25, -0.2) is 4.98 Å². The van der Waals surface area contributed by atoms with E-state index in [0.29, 0.717) is 16.0 Å². The number of carbonyl (C=O) groups excluding carboxylic acids is 1. The van der Waals surface area contributed by atoms with Crippen LogP contribution in [0.3, 0.4) is 0 Å². The van der Waals surface area contributed by atoms with E-state index in [0.717, 1.165) is 23.0 Å². The third-order valence-electron chi connectivity index (χ3n) is 3.00. The molecule has 0 radical (unpaired) electrons. The highest BCUT2D eigenvalue weighted by atomic mass is 32.2. The lowest BCUT2D eigenvalue weighted by Gasteiger charge is -2.01. The highest BCUT2D eigenvalue weighted by molar-refractivity contribution is 7.99. The van der Waals surface area contributed by atoms with E-state index in [9.17, 15) is 9.59 Å². The maximum Gasteiger partial charge on any atom is 0.273 e. The van der Waals surface area contributed by atoms with Gasteiger partial charge in [-0.15, -0.1) is 21.5 Å². The Labute approximate surface area is 145 Å². The lowest BCUT2D eigenvalue weighted by molar-refractivity contribution is -0.113. The van der Waals surface area contributed by atoms with Crippen molar-refractivity contribution in [2.24, 2.45) is 0 Å². The average molecular weight is 359 g/mol. The number of thioether (sulfide) groups is 1. The Morgan fingerprint density at radius 3 is 2.83 bits per heavy atom. The van der Waals surface area contributed by atoms with Crippen LogP contribution in [0.2, 0.25) is 0 Å². The summed E-state index contributed by atoms with van der Waals surface area (Å²) in [5.74, 6) is -0.120. The Bertz CT molecular complexity index is 907. The summed E-state index contributed by atoms with van der Waals surface area (Å²) in [4.78, 5) is 30.4. The normalized spacial score (nSPS) is 10.5. The minimum Gasteiger partial charge on any atom is -0.301 e. The van der Waals surface area contributed by atoms with Gasteiger partial charge in [-0.1, -0.05) is 42.1 Å². The summed E-state index contributed by atoms with van der Waals surface area (Å²) in [5.41, 5.74) is 1.80. The smallest absolute Gasteiger partial charge is 0.273 e. The van der Waals surface area contributed by atoms with Crippen LogP contribution in [0, 0.1) is 6.92 Å². The van der Waals surface area contributed by atoms with Crippen molar-refractivity contribution in [1.82, 2.24) is 20.2 Å². The fraction of sp³-hybridized carbons (Fsp3) is 0.133. The molecule has 0 saturated heterocycles. The Morgan fingerprint density at radius 1 is 1.29 bits per heavy atom. The molecule has 2 aromatic heterocycles. The minimum absolute atomic E-state index is 0.105. The van der Waals surface area contributed by atoms with Crippen molar-refractivity contribution < 1.29 is 4.79 Å². The molecule has 0 aliphatic carbocycles.